The Bertz CT molecular complexity index is 648. The first-order chi connectivity index (χ1) is 9.69. The number of nitrogens with one attached hydrogen (secondary N) is 1. The van der Waals surface area contributed by atoms with Crippen LogP contribution in [0.25, 0.3) is 0 Å². The Morgan fingerprint density at radius 2 is 2.00 bits per heavy atom. The van der Waals surface area contributed by atoms with Gasteiger partial charge in [-0.2, -0.15) is 5.26 Å². The van der Waals surface area contributed by atoms with Crippen molar-refractivity contribution in [1.82, 2.24) is 0 Å². The average Bonchev–Trinajstić information content (AvgIpc) is 2.46. The lowest BCUT2D eigenvalue weighted by atomic mass is 10.2. The van der Waals surface area contributed by atoms with Crippen molar-refractivity contribution in [3.05, 3.63) is 59.1 Å². The molecule has 0 heterocycles. The Morgan fingerprint density at radius 3 is 2.70 bits per heavy atom. The number of benzene rings is 2. The van der Waals surface area contributed by atoms with Gasteiger partial charge in [0.15, 0.2) is 6.61 Å². The van der Waals surface area contributed by atoms with E-state index < -0.39 is 0 Å². The zero-order valence-corrected chi connectivity index (χ0v) is 11.2. The van der Waals surface area contributed by atoms with Gasteiger partial charge in [0.05, 0.1) is 0 Å². The van der Waals surface area contributed by atoms with Crippen LogP contribution in [0.4, 0.5) is 5.69 Å². The largest absolute Gasteiger partial charge is 0.479 e. The topological polar surface area (TPSA) is 62.1 Å². The summed E-state index contributed by atoms with van der Waals surface area (Å²) in [6.07, 6.45) is 0. The monoisotopic (exact) mass is 286 g/mol. The third-order valence-electron chi connectivity index (χ3n) is 2.50. The van der Waals surface area contributed by atoms with Crippen molar-refractivity contribution >= 4 is 23.2 Å². The second-order valence-electron chi connectivity index (χ2n) is 3.94. The zero-order valence-electron chi connectivity index (χ0n) is 10.5. The molecule has 0 radical (unpaired) electrons. The molecule has 0 aliphatic heterocycles. The van der Waals surface area contributed by atoms with Gasteiger partial charge in [-0.3, -0.25) is 4.79 Å². The number of carbonyl (C=O) groups is 1. The third kappa shape index (κ3) is 3.74. The average molecular weight is 287 g/mol. The fourth-order valence-electron chi connectivity index (χ4n) is 1.58. The molecule has 0 fully saturated rings. The van der Waals surface area contributed by atoms with Gasteiger partial charge < -0.3 is 10.1 Å². The van der Waals surface area contributed by atoms with Gasteiger partial charge in [-0.25, -0.2) is 0 Å². The molecule has 5 heteroatoms. The van der Waals surface area contributed by atoms with Gasteiger partial charge in [0.25, 0.3) is 5.91 Å². The number of ether oxygens (including phenoxy) is 1. The SMILES string of the molecule is N#CCOc1cccc(NC(=O)c2ccc(Cl)cc2)c1. The standard InChI is InChI=1S/C15H11ClN2O2/c16-12-6-4-11(5-7-12)15(19)18-13-2-1-3-14(10-13)20-9-8-17/h1-7,10H,9H2,(H,18,19). The normalized spacial score (nSPS) is 9.60. The number of hydrogen-bond donors (Lipinski definition) is 1. The summed E-state index contributed by atoms with van der Waals surface area (Å²) in [5.74, 6) is 0.291. The van der Waals surface area contributed by atoms with E-state index in [0.29, 0.717) is 22.0 Å². The van der Waals surface area contributed by atoms with E-state index >= 15 is 0 Å². The van der Waals surface area contributed by atoms with Crippen molar-refractivity contribution in [1.29, 1.82) is 5.26 Å². The van der Waals surface area contributed by atoms with Crippen molar-refractivity contribution in [2.75, 3.05) is 11.9 Å². The number of carbonyl (C=O) groups excluding carboxylic acids is 1. The number of nitriles is 1. The molecule has 1 N–H and O–H groups in total. The molecule has 4 nitrogen and oxygen atoms in total. The highest BCUT2D eigenvalue weighted by atomic mass is 35.5. The number of rotatable bonds is 4. The predicted molar refractivity (Wildman–Crippen MR) is 77.0 cm³/mol. The lowest BCUT2D eigenvalue weighted by molar-refractivity contribution is 0.102. The fraction of sp³-hybridized carbons (Fsp3) is 0.0667. The van der Waals surface area contributed by atoms with E-state index in [0.717, 1.165) is 0 Å². The van der Waals surface area contributed by atoms with E-state index in [4.69, 9.17) is 21.6 Å². The molecular formula is C15H11ClN2O2. The predicted octanol–water partition coefficient (Wildman–Crippen LogP) is 3.49. The van der Waals surface area contributed by atoms with Gasteiger partial charge in [-0.15, -0.1) is 0 Å². The van der Waals surface area contributed by atoms with Crippen LogP contribution in [0.3, 0.4) is 0 Å². The second-order valence-corrected chi connectivity index (χ2v) is 4.37. The van der Waals surface area contributed by atoms with Gasteiger partial charge in [-0.05, 0) is 36.4 Å². The maximum absolute atomic E-state index is 12.0. The van der Waals surface area contributed by atoms with Crippen molar-refractivity contribution in [2.24, 2.45) is 0 Å². The van der Waals surface area contributed by atoms with E-state index in [1.54, 1.807) is 48.5 Å². The molecule has 20 heavy (non-hydrogen) atoms. The highest BCUT2D eigenvalue weighted by molar-refractivity contribution is 6.30. The molecule has 2 aromatic rings. The fourth-order valence-corrected chi connectivity index (χ4v) is 1.71. The van der Waals surface area contributed by atoms with Gasteiger partial charge in [0.2, 0.25) is 0 Å². The molecular weight excluding hydrogens is 276 g/mol. The Morgan fingerprint density at radius 1 is 1.25 bits per heavy atom. The molecule has 0 spiro atoms. The molecule has 0 atom stereocenters. The quantitative estimate of drug-likeness (QED) is 0.936. The number of anilines is 1. The number of halogens is 1. The summed E-state index contributed by atoms with van der Waals surface area (Å²) < 4.78 is 5.17. The second kappa shape index (κ2) is 6.60. The van der Waals surface area contributed by atoms with Gasteiger partial charge in [0, 0.05) is 22.3 Å². The highest BCUT2D eigenvalue weighted by Gasteiger charge is 2.06. The minimum atomic E-state index is -0.237. The van der Waals surface area contributed by atoms with Crippen LogP contribution < -0.4 is 10.1 Å². The molecule has 0 aliphatic carbocycles. The molecule has 0 unspecified atom stereocenters. The third-order valence-corrected chi connectivity index (χ3v) is 2.75. The lowest BCUT2D eigenvalue weighted by Gasteiger charge is -2.07. The summed E-state index contributed by atoms with van der Waals surface area (Å²) in [6, 6.07) is 15.3. The van der Waals surface area contributed by atoms with Crippen molar-refractivity contribution in [3.8, 4) is 11.8 Å². The molecule has 2 aromatic carbocycles. The van der Waals surface area contributed by atoms with E-state index in [9.17, 15) is 4.79 Å². The van der Waals surface area contributed by atoms with Crippen LogP contribution in [0.15, 0.2) is 48.5 Å². The van der Waals surface area contributed by atoms with Crippen LogP contribution >= 0.6 is 11.6 Å². The lowest BCUT2D eigenvalue weighted by Crippen LogP contribution is -2.11. The molecule has 100 valence electrons. The summed E-state index contributed by atoms with van der Waals surface area (Å²) in [5, 5.41) is 11.8. The Hall–Kier alpha value is -2.51. The van der Waals surface area contributed by atoms with Crippen LogP contribution in [-0.4, -0.2) is 12.5 Å². The molecule has 0 bridgehead atoms. The maximum atomic E-state index is 12.0. The molecule has 0 aliphatic rings. The summed E-state index contributed by atoms with van der Waals surface area (Å²) in [5.41, 5.74) is 1.11. The molecule has 0 aromatic heterocycles. The number of nitrogens with zero attached hydrogens (tertiary/aromatic N) is 1. The van der Waals surface area contributed by atoms with E-state index in [-0.39, 0.29) is 12.5 Å². The minimum absolute atomic E-state index is 0.0332. The van der Waals surface area contributed by atoms with E-state index in [2.05, 4.69) is 5.32 Å². The van der Waals surface area contributed by atoms with Crippen LogP contribution in [-0.2, 0) is 0 Å². The summed E-state index contributed by atoms with van der Waals surface area (Å²) in [6.45, 7) is -0.0332. The van der Waals surface area contributed by atoms with Crippen LogP contribution in [0.2, 0.25) is 5.02 Å². The molecule has 0 saturated carbocycles. The van der Waals surface area contributed by atoms with Crippen LogP contribution in [0.1, 0.15) is 10.4 Å². The van der Waals surface area contributed by atoms with Gasteiger partial charge in [0.1, 0.15) is 11.8 Å². The molecule has 1 amide bonds. The smallest absolute Gasteiger partial charge is 0.255 e. The maximum Gasteiger partial charge on any atom is 0.255 e. The van der Waals surface area contributed by atoms with Gasteiger partial charge >= 0.3 is 0 Å². The zero-order chi connectivity index (χ0) is 14.4. The first kappa shape index (κ1) is 13.9. The van der Waals surface area contributed by atoms with Crippen molar-refractivity contribution < 1.29 is 9.53 Å². The first-order valence-electron chi connectivity index (χ1n) is 5.86. The van der Waals surface area contributed by atoms with Crippen molar-refractivity contribution in [2.45, 2.75) is 0 Å². The van der Waals surface area contributed by atoms with E-state index in [1.807, 2.05) is 6.07 Å². The minimum Gasteiger partial charge on any atom is -0.479 e. The Balaban J connectivity index is 2.07. The van der Waals surface area contributed by atoms with Crippen molar-refractivity contribution in [3.63, 3.8) is 0 Å². The number of hydrogen-bond acceptors (Lipinski definition) is 3. The van der Waals surface area contributed by atoms with E-state index in [1.165, 1.54) is 0 Å². The molecule has 2 rings (SSSR count). The molecule has 0 saturated heterocycles. The van der Waals surface area contributed by atoms with Crippen LogP contribution in [0, 0.1) is 11.3 Å². The Labute approximate surface area is 121 Å². The number of amides is 1. The summed E-state index contributed by atoms with van der Waals surface area (Å²) in [7, 11) is 0. The summed E-state index contributed by atoms with van der Waals surface area (Å²) in [4.78, 5) is 12.0. The first-order valence-corrected chi connectivity index (χ1v) is 6.23. The van der Waals surface area contributed by atoms with Crippen LogP contribution in [0.5, 0.6) is 5.75 Å². The summed E-state index contributed by atoms with van der Waals surface area (Å²) >= 11 is 5.77. The highest BCUT2D eigenvalue weighted by Crippen LogP contribution is 2.18. The Kier molecular flexibility index (Phi) is 4.59. The van der Waals surface area contributed by atoms with Gasteiger partial charge in [-0.1, -0.05) is 17.7 Å².